The second-order valence-corrected chi connectivity index (χ2v) is 3.80. The molecule has 3 nitrogen and oxygen atoms in total. The Morgan fingerprint density at radius 3 is 3.00 bits per heavy atom. The van der Waals surface area contributed by atoms with E-state index in [4.69, 9.17) is 4.74 Å². The van der Waals surface area contributed by atoms with Gasteiger partial charge in [0.05, 0.1) is 12.5 Å². The van der Waals surface area contributed by atoms with Gasteiger partial charge in [0.1, 0.15) is 0 Å². The van der Waals surface area contributed by atoms with E-state index in [1.807, 2.05) is 6.92 Å². The van der Waals surface area contributed by atoms with Crippen molar-refractivity contribution in [2.45, 2.75) is 19.8 Å². The summed E-state index contributed by atoms with van der Waals surface area (Å²) in [6, 6.07) is 0. The van der Waals surface area contributed by atoms with Gasteiger partial charge in [0.15, 0.2) is 0 Å². The molecule has 1 saturated carbocycles. The fourth-order valence-corrected chi connectivity index (χ4v) is 2.07. The SMILES string of the molecule is CCOC(=O)C1CNCC12CC2. The van der Waals surface area contributed by atoms with Crippen molar-refractivity contribution in [1.82, 2.24) is 5.32 Å². The van der Waals surface area contributed by atoms with Crippen molar-refractivity contribution in [2.24, 2.45) is 11.3 Å². The monoisotopic (exact) mass is 169 g/mol. The Labute approximate surface area is 72.5 Å². The van der Waals surface area contributed by atoms with Crippen molar-refractivity contribution < 1.29 is 9.53 Å². The van der Waals surface area contributed by atoms with Crippen LogP contribution in [0.3, 0.4) is 0 Å². The maximum absolute atomic E-state index is 11.4. The average molecular weight is 169 g/mol. The molecule has 1 unspecified atom stereocenters. The van der Waals surface area contributed by atoms with Crippen LogP contribution in [0.1, 0.15) is 19.8 Å². The van der Waals surface area contributed by atoms with Gasteiger partial charge in [0.2, 0.25) is 0 Å². The molecule has 3 heteroatoms. The molecule has 1 saturated heterocycles. The lowest BCUT2D eigenvalue weighted by atomic mass is 9.93. The fourth-order valence-electron chi connectivity index (χ4n) is 2.07. The number of carbonyl (C=O) groups is 1. The van der Waals surface area contributed by atoms with Gasteiger partial charge in [-0.15, -0.1) is 0 Å². The predicted molar refractivity (Wildman–Crippen MR) is 44.7 cm³/mol. The van der Waals surface area contributed by atoms with E-state index in [2.05, 4.69) is 5.32 Å². The van der Waals surface area contributed by atoms with Gasteiger partial charge in [-0.25, -0.2) is 0 Å². The van der Waals surface area contributed by atoms with E-state index in [0.29, 0.717) is 12.0 Å². The number of nitrogens with one attached hydrogen (secondary N) is 1. The summed E-state index contributed by atoms with van der Waals surface area (Å²) in [5.41, 5.74) is 0.298. The molecule has 0 aromatic rings. The third-order valence-corrected chi connectivity index (χ3v) is 3.03. The van der Waals surface area contributed by atoms with Gasteiger partial charge in [-0.2, -0.15) is 0 Å². The zero-order chi connectivity index (χ0) is 8.60. The van der Waals surface area contributed by atoms with Crippen LogP contribution in [0.5, 0.6) is 0 Å². The van der Waals surface area contributed by atoms with Gasteiger partial charge in [0.25, 0.3) is 0 Å². The lowest BCUT2D eigenvalue weighted by Gasteiger charge is -2.14. The van der Waals surface area contributed by atoms with Gasteiger partial charge < -0.3 is 10.1 Å². The zero-order valence-corrected chi connectivity index (χ0v) is 7.43. The second kappa shape index (κ2) is 2.73. The summed E-state index contributed by atoms with van der Waals surface area (Å²) in [5.74, 6) is 0.137. The minimum absolute atomic E-state index is 0.000000000000000666. The topological polar surface area (TPSA) is 38.3 Å². The van der Waals surface area contributed by atoms with Gasteiger partial charge >= 0.3 is 5.97 Å². The first kappa shape index (κ1) is 8.05. The number of hydrogen-bond acceptors (Lipinski definition) is 3. The quantitative estimate of drug-likeness (QED) is 0.613. The van der Waals surface area contributed by atoms with Crippen molar-refractivity contribution in [1.29, 1.82) is 0 Å². The maximum atomic E-state index is 11.4. The second-order valence-electron chi connectivity index (χ2n) is 3.80. The van der Waals surface area contributed by atoms with E-state index >= 15 is 0 Å². The van der Waals surface area contributed by atoms with Crippen molar-refractivity contribution in [3.63, 3.8) is 0 Å². The van der Waals surface area contributed by atoms with E-state index in [-0.39, 0.29) is 11.9 Å². The van der Waals surface area contributed by atoms with Crippen LogP contribution in [-0.2, 0) is 9.53 Å². The Balaban J connectivity index is 1.98. The number of rotatable bonds is 2. The highest BCUT2D eigenvalue weighted by Gasteiger charge is 2.55. The molecule has 0 aromatic carbocycles. The molecule has 2 rings (SSSR count). The zero-order valence-electron chi connectivity index (χ0n) is 7.43. The highest BCUT2D eigenvalue weighted by molar-refractivity contribution is 5.75. The Bertz CT molecular complexity index is 199. The Morgan fingerprint density at radius 1 is 1.67 bits per heavy atom. The van der Waals surface area contributed by atoms with Crippen LogP contribution < -0.4 is 5.32 Å². The molecule has 1 aliphatic carbocycles. The van der Waals surface area contributed by atoms with Gasteiger partial charge in [-0.1, -0.05) is 0 Å². The van der Waals surface area contributed by atoms with E-state index in [1.54, 1.807) is 0 Å². The molecule has 0 amide bonds. The van der Waals surface area contributed by atoms with E-state index in [1.165, 1.54) is 12.8 Å². The molecule has 0 radical (unpaired) electrons. The molecule has 68 valence electrons. The Morgan fingerprint density at radius 2 is 2.42 bits per heavy atom. The lowest BCUT2D eigenvalue weighted by Crippen LogP contribution is -2.25. The third kappa shape index (κ3) is 1.12. The Kier molecular flexibility index (Phi) is 1.83. The molecule has 0 bridgehead atoms. The molecule has 2 aliphatic rings. The minimum Gasteiger partial charge on any atom is -0.466 e. The molecule has 1 spiro atoms. The Hall–Kier alpha value is -0.570. The molecule has 0 aromatic heterocycles. The normalized spacial score (nSPS) is 30.6. The highest BCUT2D eigenvalue weighted by atomic mass is 16.5. The fraction of sp³-hybridized carbons (Fsp3) is 0.889. The van der Waals surface area contributed by atoms with E-state index < -0.39 is 0 Å². The molecule has 12 heavy (non-hydrogen) atoms. The molecule has 2 fully saturated rings. The number of esters is 1. The predicted octanol–water partition coefficient (Wildman–Crippen LogP) is 0.549. The number of hydrogen-bond donors (Lipinski definition) is 1. The minimum atomic E-state index is 0.000000000000000666. The number of ether oxygens (including phenoxy) is 1. The highest BCUT2D eigenvalue weighted by Crippen LogP contribution is 2.54. The molecule has 1 atom stereocenters. The van der Waals surface area contributed by atoms with Gasteiger partial charge in [-0.05, 0) is 25.2 Å². The standard InChI is InChI=1S/C9H15NO2/c1-2-12-8(11)7-5-10-6-9(7)3-4-9/h7,10H,2-6H2,1H3. The summed E-state index contributed by atoms with van der Waals surface area (Å²) >= 11 is 0. The van der Waals surface area contributed by atoms with Crippen molar-refractivity contribution >= 4 is 5.97 Å². The van der Waals surface area contributed by atoms with Crippen LogP contribution in [0.4, 0.5) is 0 Å². The molecule has 1 heterocycles. The molecule has 1 aliphatic heterocycles. The largest absolute Gasteiger partial charge is 0.466 e. The first-order valence-electron chi connectivity index (χ1n) is 4.66. The molecular formula is C9H15NO2. The van der Waals surface area contributed by atoms with E-state index in [9.17, 15) is 4.79 Å². The number of carbonyl (C=O) groups excluding carboxylic acids is 1. The molecular weight excluding hydrogens is 154 g/mol. The van der Waals surface area contributed by atoms with Crippen LogP contribution in [0.25, 0.3) is 0 Å². The summed E-state index contributed by atoms with van der Waals surface area (Å²) < 4.78 is 5.02. The third-order valence-electron chi connectivity index (χ3n) is 3.03. The first-order chi connectivity index (χ1) is 5.78. The van der Waals surface area contributed by atoms with Crippen LogP contribution >= 0.6 is 0 Å². The molecule has 1 N–H and O–H groups in total. The lowest BCUT2D eigenvalue weighted by molar-refractivity contribution is -0.149. The van der Waals surface area contributed by atoms with E-state index in [0.717, 1.165) is 13.1 Å². The summed E-state index contributed by atoms with van der Waals surface area (Å²) in [6.07, 6.45) is 2.40. The first-order valence-corrected chi connectivity index (χ1v) is 4.66. The van der Waals surface area contributed by atoms with Crippen LogP contribution in [0.15, 0.2) is 0 Å². The van der Waals surface area contributed by atoms with Crippen molar-refractivity contribution in [3.8, 4) is 0 Å². The van der Waals surface area contributed by atoms with Crippen LogP contribution in [-0.4, -0.2) is 25.7 Å². The average Bonchev–Trinajstić information content (AvgIpc) is 2.63. The smallest absolute Gasteiger partial charge is 0.310 e. The van der Waals surface area contributed by atoms with Gasteiger partial charge in [-0.3, -0.25) is 4.79 Å². The summed E-state index contributed by atoms with van der Waals surface area (Å²) in [5, 5.41) is 3.26. The maximum Gasteiger partial charge on any atom is 0.310 e. The van der Waals surface area contributed by atoms with Crippen molar-refractivity contribution in [3.05, 3.63) is 0 Å². The van der Waals surface area contributed by atoms with Crippen LogP contribution in [0, 0.1) is 11.3 Å². The summed E-state index contributed by atoms with van der Waals surface area (Å²) in [6.45, 7) is 4.20. The van der Waals surface area contributed by atoms with Crippen molar-refractivity contribution in [2.75, 3.05) is 19.7 Å². The van der Waals surface area contributed by atoms with Crippen LogP contribution in [0.2, 0.25) is 0 Å². The summed E-state index contributed by atoms with van der Waals surface area (Å²) in [4.78, 5) is 11.4. The summed E-state index contributed by atoms with van der Waals surface area (Å²) in [7, 11) is 0. The van der Waals surface area contributed by atoms with Gasteiger partial charge in [0, 0.05) is 13.1 Å².